The Morgan fingerprint density at radius 1 is 1.38 bits per heavy atom. The first-order valence-electron chi connectivity index (χ1n) is 4.91. The number of aliphatic hydroxyl groups is 1. The molecule has 1 atom stereocenters. The Morgan fingerprint density at radius 2 is 1.94 bits per heavy atom. The second-order valence-electron chi connectivity index (χ2n) is 3.68. The standard InChI is InChI=1S/C11H15F2NO2/c1-11(12,13)7-16-9-4-2-8(3-5-9)10(15)6-14/h2-5,10,15H,6-7,14H2,1H3. The summed E-state index contributed by atoms with van der Waals surface area (Å²) in [7, 11) is 0. The quantitative estimate of drug-likeness (QED) is 0.811. The molecule has 5 heteroatoms. The lowest BCUT2D eigenvalue weighted by atomic mass is 10.1. The molecule has 3 N–H and O–H groups in total. The minimum atomic E-state index is -2.85. The molecule has 0 amide bonds. The molecular weight excluding hydrogens is 216 g/mol. The van der Waals surface area contributed by atoms with Crippen molar-refractivity contribution >= 4 is 0 Å². The van der Waals surface area contributed by atoms with E-state index in [1.807, 2.05) is 0 Å². The maximum absolute atomic E-state index is 12.5. The molecule has 0 saturated carbocycles. The maximum Gasteiger partial charge on any atom is 0.278 e. The molecule has 0 aliphatic rings. The van der Waals surface area contributed by atoms with Crippen LogP contribution in [0.2, 0.25) is 0 Å². The number of alkyl halides is 2. The molecule has 0 radical (unpaired) electrons. The van der Waals surface area contributed by atoms with E-state index in [9.17, 15) is 13.9 Å². The summed E-state index contributed by atoms with van der Waals surface area (Å²) in [4.78, 5) is 0. The first-order chi connectivity index (χ1) is 7.42. The molecule has 0 aliphatic carbocycles. The Hall–Kier alpha value is -1.20. The van der Waals surface area contributed by atoms with Crippen molar-refractivity contribution < 1.29 is 18.6 Å². The van der Waals surface area contributed by atoms with Gasteiger partial charge in [0.1, 0.15) is 5.75 Å². The van der Waals surface area contributed by atoms with Gasteiger partial charge in [-0.1, -0.05) is 12.1 Å². The third-order valence-electron chi connectivity index (χ3n) is 1.98. The van der Waals surface area contributed by atoms with Gasteiger partial charge in [0.2, 0.25) is 0 Å². The van der Waals surface area contributed by atoms with Gasteiger partial charge in [0, 0.05) is 13.5 Å². The second-order valence-corrected chi connectivity index (χ2v) is 3.68. The summed E-state index contributed by atoms with van der Waals surface area (Å²) in [6, 6.07) is 6.25. The molecule has 3 nitrogen and oxygen atoms in total. The highest BCUT2D eigenvalue weighted by atomic mass is 19.3. The van der Waals surface area contributed by atoms with Gasteiger partial charge >= 0.3 is 0 Å². The van der Waals surface area contributed by atoms with Crippen LogP contribution in [0.5, 0.6) is 5.75 Å². The van der Waals surface area contributed by atoms with Gasteiger partial charge in [-0.25, -0.2) is 8.78 Å². The van der Waals surface area contributed by atoms with Crippen molar-refractivity contribution in [2.75, 3.05) is 13.2 Å². The van der Waals surface area contributed by atoms with Crippen LogP contribution >= 0.6 is 0 Å². The lowest BCUT2D eigenvalue weighted by Gasteiger charge is -2.13. The first-order valence-corrected chi connectivity index (χ1v) is 4.91. The smallest absolute Gasteiger partial charge is 0.278 e. The van der Waals surface area contributed by atoms with E-state index in [0.29, 0.717) is 11.3 Å². The zero-order valence-electron chi connectivity index (χ0n) is 8.99. The summed E-state index contributed by atoms with van der Waals surface area (Å²) in [6.45, 7) is 0.249. The number of hydrogen-bond donors (Lipinski definition) is 2. The number of ether oxygens (including phenoxy) is 1. The van der Waals surface area contributed by atoms with E-state index in [0.717, 1.165) is 6.92 Å². The molecule has 1 aromatic rings. The molecule has 0 aromatic heterocycles. The Labute approximate surface area is 92.8 Å². The van der Waals surface area contributed by atoms with E-state index in [2.05, 4.69) is 0 Å². The van der Waals surface area contributed by atoms with E-state index in [-0.39, 0.29) is 6.54 Å². The molecule has 0 bridgehead atoms. The molecule has 1 aromatic carbocycles. The third kappa shape index (κ3) is 4.12. The molecule has 90 valence electrons. The molecule has 0 saturated heterocycles. The molecule has 0 spiro atoms. The van der Waals surface area contributed by atoms with Crippen molar-refractivity contribution in [3.63, 3.8) is 0 Å². The van der Waals surface area contributed by atoms with Crippen LogP contribution in [-0.4, -0.2) is 24.2 Å². The van der Waals surface area contributed by atoms with Crippen LogP contribution in [-0.2, 0) is 0 Å². The van der Waals surface area contributed by atoms with Gasteiger partial charge in [0.05, 0.1) is 6.10 Å². The number of nitrogens with two attached hydrogens (primary N) is 1. The van der Waals surface area contributed by atoms with Crippen molar-refractivity contribution in [1.82, 2.24) is 0 Å². The molecule has 0 aliphatic heterocycles. The Balaban J connectivity index is 2.58. The molecule has 0 fully saturated rings. The zero-order chi connectivity index (χ0) is 12.2. The van der Waals surface area contributed by atoms with Gasteiger partial charge in [-0.3, -0.25) is 0 Å². The van der Waals surface area contributed by atoms with Crippen molar-refractivity contribution in [3.05, 3.63) is 29.8 Å². The summed E-state index contributed by atoms with van der Waals surface area (Å²) in [6.07, 6.45) is -0.735. The monoisotopic (exact) mass is 231 g/mol. The zero-order valence-corrected chi connectivity index (χ0v) is 8.99. The first kappa shape index (κ1) is 12.9. The van der Waals surface area contributed by atoms with Crippen molar-refractivity contribution in [3.8, 4) is 5.75 Å². The Kier molecular flexibility index (Phi) is 4.20. The van der Waals surface area contributed by atoms with E-state index in [4.69, 9.17) is 10.5 Å². The normalized spacial score (nSPS) is 13.6. The topological polar surface area (TPSA) is 55.5 Å². The van der Waals surface area contributed by atoms with Gasteiger partial charge in [-0.15, -0.1) is 0 Å². The van der Waals surface area contributed by atoms with E-state index in [1.165, 1.54) is 12.1 Å². The van der Waals surface area contributed by atoms with Crippen molar-refractivity contribution in [2.45, 2.75) is 19.0 Å². The summed E-state index contributed by atoms with van der Waals surface area (Å²) >= 11 is 0. The SMILES string of the molecule is CC(F)(F)COc1ccc(C(O)CN)cc1. The van der Waals surface area contributed by atoms with Crippen molar-refractivity contribution in [1.29, 1.82) is 0 Å². The van der Waals surface area contributed by atoms with Gasteiger partial charge in [-0.05, 0) is 17.7 Å². The van der Waals surface area contributed by atoms with Crippen LogP contribution in [0.3, 0.4) is 0 Å². The molecule has 16 heavy (non-hydrogen) atoms. The highest BCUT2D eigenvalue weighted by Crippen LogP contribution is 2.19. The predicted octanol–water partition coefficient (Wildman–Crippen LogP) is 1.71. The molecule has 1 rings (SSSR count). The van der Waals surface area contributed by atoms with Crippen LogP contribution in [0.25, 0.3) is 0 Å². The summed E-state index contributed by atoms with van der Waals surface area (Å²) < 4.78 is 29.9. The minimum Gasteiger partial charge on any atom is -0.487 e. The van der Waals surface area contributed by atoms with Crippen molar-refractivity contribution in [2.24, 2.45) is 5.73 Å². The Morgan fingerprint density at radius 3 is 2.38 bits per heavy atom. The van der Waals surface area contributed by atoms with Gasteiger partial charge < -0.3 is 15.6 Å². The fourth-order valence-electron chi connectivity index (χ4n) is 1.13. The second kappa shape index (κ2) is 5.23. The van der Waals surface area contributed by atoms with E-state index >= 15 is 0 Å². The minimum absolute atomic E-state index is 0.118. The van der Waals surface area contributed by atoms with Crippen LogP contribution in [0.1, 0.15) is 18.6 Å². The third-order valence-corrected chi connectivity index (χ3v) is 1.98. The van der Waals surface area contributed by atoms with Gasteiger partial charge in [0.15, 0.2) is 6.61 Å². The average molecular weight is 231 g/mol. The maximum atomic E-state index is 12.5. The highest BCUT2D eigenvalue weighted by molar-refractivity contribution is 5.28. The predicted molar refractivity (Wildman–Crippen MR) is 56.6 cm³/mol. The number of halogens is 2. The molecule has 1 unspecified atom stereocenters. The summed E-state index contributed by atoms with van der Waals surface area (Å²) in [5, 5.41) is 9.39. The lowest BCUT2D eigenvalue weighted by molar-refractivity contribution is -0.0229. The van der Waals surface area contributed by atoms with E-state index < -0.39 is 18.6 Å². The summed E-state index contributed by atoms with van der Waals surface area (Å²) in [5.41, 5.74) is 5.91. The van der Waals surface area contributed by atoms with Crippen LogP contribution in [0.4, 0.5) is 8.78 Å². The van der Waals surface area contributed by atoms with Crippen LogP contribution < -0.4 is 10.5 Å². The molecular formula is C11H15F2NO2. The average Bonchev–Trinajstić information content (AvgIpc) is 2.25. The molecule has 0 heterocycles. The van der Waals surface area contributed by atoms with Crippen LogP contribution in [0, 0.1) is 0 Å². The fourth-order valence-corrected chi connectivity index (χ4v) is 1.13. The number of hydrogen-bond acceptors (Lipinski definition) is 3. The fraction of sp³-hybridized carbons (Fsp3) is 0.455. The van der Waals surface area contributed by atoms with Gasteiger partial charge in [0.25, 0.3) is 5.92 Å². The largest absolute Gasteiger partial charge is 0.487 e. The number of aliphatic hydroxyl groups excluding tert-OH is 1. The lowest BCUT2D eigenvalue weighted by Crippen LogP contribution is -2.20. The highest BCUT2D eigenvalue weighted by Gasteiger charge is 2.21. The number of benzene rings is 1. The Bertz CT molecular complexity index is 322. The van der Waals surface area contributed by atoms with E-state index in [1.54, 1.807) is 12.1 Å². The summed E-state index contributed by atoms with van der Waals surface area (Å²) in [5.74, 6) is -2.51. The van der Waals surface area contributed by atoms with Crippen LogP contribution in [0.15, 0.2) is 24.3 Å². The number of rotatable bonds is 5. The van der Waals surface area contributed by atoms with Gasteiger partial charge in [-0.2, -0.15) is 0 Å².